The maximum Gasteiger partial charge on any atom is 0.287 e. The van der Waals surface area contributed by atoms with E-state index in [1.165, 1.54) is 17.7 Å². The lowest BCUT2D eigenvalue weighted by Gasteiger charge is -2.35. The second-order valence-electron chi connectivity index (χ2n) is 11.8. The number of nitrogens with one attached hydrogen (secondary N) is 1. The largest absolute Gasteiger partial charge is 0.449 e. The molecule has 1 atom stereocenters. The molecular weight excluding hydrogens is 649 g/mol. The van der Waals surface area contributed by atoms with Crippen molar-refractivity contribution in [2.24, 2.45) is 0 Å². The number of fused-ring (bicyclic) bond motifs is 1. The van der Waals surface area contributed by atoms with E-state index in [0.29, 0.717) is 31.1 Å². The first kappa shape index (κ1) is 32.1. The van der Waals surface area contributed by atoms with E-state index in [9.17, 15) is 19.2 Å². The average Bonchev–Trinajstić information content (AvgIpc) is 3.45. The van der Waals surface area contributed by atoms with E-state index < -0.39 is 17.4 Å². The number of benzene rings is 3. The first-order chi connectivity index (χ1) is 22.2. The van der Waals surface area contributed by atoms with Gasteiger partial charge in [0.15, 0.2) is 16.8 Å². The Morgan fingerprint density at radius 1 is 0.913 bits per heavy atom. The molecule has 2 fully saturated rings. The average molecular weight is 681 g/mol. The van der Waals surface area contributed by atoms with Crippen LogP contribution in [0.3, 0.4) is 0 Å². The third-order valence-electron chi connectivity index (χ3n) is 8.76. The predicted octanol–water partition coefficient (Wildman–Crippen LogP) is 6.62. The van der Waals surface area contributed by atoms with E-state index >= 15 is 0 Å². The van der Waals surface area contributed by atoms with Gasteiger partial charge in [-0.2, -0.15) is 0 Å². The lowest BCUT2D eigenvalue weighted by atomic mass is 9.86. The van der Waals surface area contributed by atoms with Crippen LogP contribution in [-0.2, 0) is 22.6 Å². The van der Waals surface area contributed by atoms with Crippen LogP contribution in [0.15, 0.2) is 75.9 Å². The fraction of sp³-hybridized carbons (Fsp3) is 0.314. The minimum Gasteiger partial charge on any atom is -0.449 e. The van der Waals surface area contributed by atoms with Gasteiger partial charge in [-0.3, -0.25) is 19.2 Å². The minimum atomic E-state index is -0.930. The molecule has 2 aliphatic heterocycles. The first-order valence-electron chi connectivity index (χ1n) is 15.3. The molecule has 0 aliphatic carbocycles. The van der Waals surface area contributed by atoms with Crippen LogP contribution >= 0.6 is 34.8 Å². The van der Waals surface area contributed by atoms with Crippen molar-refractivity contribution in [2.75, 3.05) is 19.6 Å². The number of carbonyl (C=O) groups excluding carboxylic acids is 3. The van der Waals surface area contributed by atoms with Gasteiger partial charge in [-0.05, 0) is 66.1 Å². The molecule has 4 aromatic rings. The van der Waals surface area contributed by atoms with E-state index in [2.05, 4.69) is 17.4 Å². The van der Waals surface area contributed by atoms with Crippen LogP contribution in [0.1, 0.15) is 58.8 Å². The van der Waals surface area contributed by atoms with Crippen LogP contribution in [0.2, 0.25) is 15.1 Å². The van der Waals surface area contributed by atoms with Crippen LogP contribution < -0.4 is 10.7 Å². The Kier molecular flexibility index (Phi) is 9.68. The predicted molar refractivity (Wildman–Crippen MR) is 179 cm³/mol. The highest BCUT2D eigenvalue weighted by Crippen LogP contribution is 2.32. The van der Waals surface area contributed by atoms with Crippen LogP contribution in [-0.4, -0.2) is 53.2 Å². The summed E-state index contributed by atoms with van der Waals surface area (Å²) in [6.45, 7) is 2.40. The summed E-state index contributed by atoms with van der Waals surface area (Å²) in [6, 6.07) is 18.3. The molecule has 0 radical (unpaired) electrons. The summed E-state index contributed by atoms with van der Waals surface area (Å²) >= 11 is 18.4. The van der Waals surface area contributed by atoms with Gasteiger partial charge in [0.25, 0.3) is 5.91 Å². The number of amides is 3. The van der Waals surface area contributed by atoms with E-state index in [1.54, 1.807) is 17.0 Å². The quantitative estimate of drug-likeness (QED) is 0.226. The second kappa shape index (κ2) is 13.9. The number of hydrogen-bond acceptors (Lipinski definition) is 5. The van der Waals surface area contributed by atoms with Crippen LogP contribution in [0.5, 0.6) is 0 Å². The standard InChI is InChI=1S/C35H32Cl3N3O5/c36-24-9-7-21(8-10-24)16-29(39-34(44)31-19-30(42)27-17-25(37)18-28(38)33(27)46-31)35(45)40-14-11-22(12-15-40)26-5-2-1-4-23(26)20-41-13-3-6-32(41)43/h1-2,4-5,7-10,17-19,22,29H,3,6,11-16,20H2,(H,39,44)/t29-/m1/s1. The number of hydrogen-bond donors (Lipinski definition) is 1. The van der Waals surface area contributed by atoms with Gasteiger partial charge in [0.2, 0.25) is 11.8 Å². The summed E-state index contributed by atoms with van der Waals surface area (Å²) in [7, 11) is 0. The van der Waals surface area contributed by atoms with Crippen molar-refractivity contribution in [3.63, 3.8) is 0 Å². The van der Waals surface area contributed by atoms with Gasteiger partial charge in [0.05, 0.1) is 10.4 Å². The summed E-state index contributed by atoms with van der Waals surface area (Å²) in [5, 5.41) is 3.88. The van der Waals surface area contributed by atoms with Crippen molar-refractivity contribution in [3.05, 3.63) is 114 Å². The molecule has 0 unspecified atom stereocenters. The van der Waals surface area contributed by atoms with E-state index in [-0.39, 0.29) is 50.9 Å². The van der Waals surface area contributed by atoms with Crippen molar-refractivity contribution < 1.29 is 18.8 Å². The summed E-state index contributed by atoms with van der Waals surface area (Å²) in [4.78, 5) is 56.3. The minimum absolute atomic E-state index is 0.0424. The van der Waals surface area contributed by atoms with Crippen molar-refractivity contribution in [3.8, 4) is 0 Å². The fourth-order valence-electron chi connectivity index (χ4n) is 6.37. The van der Waals surface area contributed by atoms with Gasteiger partial charge < -0.3 is 19.5 Å². The highest BCUT2D eigenvalue weighted by Gasteiger charge is 2.32. The molecule has 238 valence electrons. The molecule has 2 aliphatic rings. The number of likely N-dealkylation sites (tertiary alicyclic amines) is 2. The molecule has 0 saturated carbocycles. The molecule has 0 bridgehead atoms. The third-order valence-corrected chi connectivity index (χ3v) is 9.51. The summed E-state index contributed by atoms with van der Waals surface area (Å²) in [6.07, 6.45) is 3.21. The van der Waals surface area contributed by atoms with E-state index in [4.69, 9.17) is 39.2 Å². The van der Waals surface area contributed by atoms with Gasteiger partial charge >= 0.3 is 0 Å². The Morgan fingerprint density at radius 2 is 1.65 bits per heavy atom. The number of carbonyl (C=O) groups is 3. The molecule has 11 heteroatoms. The Hall–Kier alpha value is -3.85. The zero-order chi connectivity index (χ0) is 32.4. The molecule has 8 nitrogen and oxygen atoms in total. The molecule has 3 aromatic carbocycles. The van der Waals surface area contributed by atoms with Gasteiger partial charge in [-0.25, -0.2) is 0 Å². The molecule has 1 aromatic heterocycles. The molecule has 2 saturated heterocycles. The molecule has 0 spiro atoms. The van der Waals surface area contributed by atoms with Gasteiger partial charge in [-0.1, -0.05) is 71.2 Å². The second-order valence-corrected chi connectivity index (χ2v) is 13.1. The van der Waals surface area contributed by atoms with E-state index in [1.807, 2.05) is 29.2 Å². The molecule has 46 heavy (non-hydrogen) atoms. The highest BCUT2D eigenvalue weighted by molar-refractivity contribution is 6.38. The molecule has 3 heterocycles. The SMILES string of the molecule is O=C(N[C@H](Cc1ccc(Cl)cc1)C(=O)N1CCC(c2ccccc2CN2CCCC2=O)CC1)c1cc(=O)c2cc(Cl)cc(Cl)c2o1. The lowest BCUT2D eigenvalue weighted by Crippen LogP contribution is -2.51. The highest BCUT2D eigenvalue weighted by atomic mass is 35.5. The third kappa shape index (κ3) is 7.09. The van der Waals surface area contributed by atoms with Crippen LogP contribution in [0, 0.1) is 0 Å². The summed E-state index contributed by atoms with van der Waals surface area (Å²) in [5.41, 5.74) is 2.73. The number of nitrogens with zero attached hydrogens (tertiary/aromatic N) is 2. The number of piperidine rings is 1. The Bertz CT molecular complexity index is 1850. The van der Waals surface area contributed by atoms with Crippen molar-refractivity contribution in [1.82, 2.24) is 15.1 Å². The molecule has 6 rings (SSSR count). The smallest absolute Gasteiger partial charge is 0.287 e. The zero-order valence-corrected chi connectivity index (χ0v) is 27.2. The lowest BCUT2D eigenvalue weighted by molar-refractivity contribution is -0.134. The van der Waals surface area contributed by atoms with Gasteiger partial charge in [0.1, 0.15) is 6.04 Å². The number of rotatable bonds is 8. The number of halogens is 3. The fourth-order valence-corrected chi connectivity index (χ4v) is 7.02. The Labute approximate surface area is 281 Å². The van der Waals surface area contributed by atoms with Crippen LogP contribution in [0.4, 0.5) is 0 Å². The summed E-state index contributed by atoms with van der Waals surface area (Å²) < 4.78 is 5.74. The van der Waals surface area contributed by atoms with Crippen molar-refractivity contribution in [2.45, 2.75) is 50.6 Å². The zero-order valence-electron chi connectivity index (χ0n) is 24.9. The first-order valence-corrected chi connectivity index (χ1v) is 16.4. The molecular formula is C35H32Cl3N3O5. The topological polar surface area (TPSA) is 99.9 Å². The van der Waals surface area contributed by atoms with Gasteiger partial charge in [0, 0.05) is 55.1 Å². The van der Waals surface area contributed by atoms with Crippen molar-refractivity contribution in [1.29, 1.82) is 0 Å². The summed E-state index contributed by atoms with van der Waals surface area (Å²) in [5.74, 6) is -0.766. The van der Waals surface area contributed by atoms with Crippen molar-refractivity contribution >= 4 is 63.5 Å². The maximum atomic E-state index is 14.0. The monoisotopic (exact) mass is 679 g/mol. The van der Waals surface area contributed by atoms with Gasteiger partial charge in [-0.15, -0.1) is 0 Å². The maximum absolute atomic E-state index is 14.0. The van der Waals surface area contributed by atoms with Crippen LogP contribution in [0.25, 0.3) is 11.0 Å². The Morgan fingerprint density at radius 3 is 2.37 bits per heavy atom. The molecule has 3 amide bonds. The molecule has 1 N–H and O–H groups in total. The normalized spacial score (nSPS) is 16.2. The van der Waals surface area contributed by atoms with E-state index in [0.717, 1.165) is 43.0 Å². The Balaban J connectivity index is 1.19.